The number of nitrogens with two attached hydrogens (primary N) is 1. The smallest absolute Gasteiger partial charge is 0.00962 e. The Balaban J connectivity index is 2.37. The molecule has 3 heteroatoms. The highest BCUT2D eigenvalue weighted by atomic mass is 15.1. The first-order chi connectivity index (χ1) is 7.17. The lowest BCUT2D eigenvalue weighted by Crippen LogP contribution is -2.42. The van der Waals surface area contributed by atoms with E-state index in [0.29, 0.717) is 12.0 Å². The zero-order valence-electron chi connectivity index (χ0n) is 10.5. The molecule has 0 radical (unpaired) electrons. The highest BCUT2D eigenvalue weighted by molar-refractivity contribution is 4.81. The van der Waals surface area contributed by atoms with Crippen LogP contribution in [0, 0.1) is 11.8 Å². The number of nitrogens with zero attached hydrogens (tertiary/aromatic N) is 1. The van der Waals surface area contributed by atoms with Gasteiger partial charge in [-0.05, 0) is 64.8 Å². The number of nitrogens with one attached hydrogen (secondary N) is 1. The van der Waals surface area contributed by atoms with Crippen LogP contribution in [0.4, 0.5) is 0 Å². The van der Waals surface area contributed by atoms with Crippen molar-refractivity contribution in [1.82, 2.24) is 10.2 Å². The van der Waals surface area contributed by atoms with E-state index in [1.165, 1.54) is 32.4 Å². The van der Waals surface area contributed by atoms with Gasteiger partial charge >= 0.3 is 0 Å². The van der Waals surface area contributed by atoms with Crippen molar-refractivity contribution in [1.29, 1.82) is 0 Å². The Morgan fingerprint density at radius 1 is 1.40 bits per heavy atom. The first-order valence-electron chi connectivity index (χ1n) is 6.23. The van der Waals surface area contributed by atoms with E-state index in [1.807, 2.05) is 0 Å². The molecule has 1 aliphatic rings. The van der Waals surface area contributed by atoms with Crippen LogP contribution in [-0.4, -0.2) is 44.7 Å². The van der Waals surface area contributed by atoms with Crippen LogP contribution in [0.25, 0.3) is 0 Å². The predicted octanol–water partition coefficient (Wildman–Crippen LogP) is 0.901. The fourth-order valence-electron chi connectivity index (χ4n) is 2.51. The van der Waals surface area contributed by atoms with Crippen LogP contribution >= 0.6 is 0 Å². The van der Waals surface area contributed by atoms with E-state index >= 15 is 0 Å². The highest BCUT2D eigenvalue weighted by Gasteiger charge is 2.25. The third kappa shape index (κ3) is 4.09. The Labute approximate surface area is 94.4 Å². The zero-order valence-corrected chi connectivity index (χ0v) is 10.5. The average Bonchev–Trinajstić information content (AvgIpc) is 2.27. The van der Waals surface area contributed by atoms with Crippen LogP contribution in [0.2, 0.25) is 0 Å². The third-order valence-corrected chi connectivity index (χ3v) is 3.76. The van der Waals surface area contributed by atoms with E-state index in [9.17, 15) is 0 Å². The maximum atomic E-state index is 5.69. The largest absolute Gasteiger partial charge is 0.330 e. The summed E-state index contributed by atoms with van der Waals surface area (Å²) >= 11 is 0. The van der Waals surface area contributed by atoms with Crippen LogP contribution in [-0.2, 0) is 0 Å². The van der Waals surface area contributed by atoms with E-state index in [0.717, 1.165) is 12.5 Å². The van der Waals surface area contributed by atoms with Gasteiger partial charge in [0, 0.05) is 6.04 Å². The molecule has 1 fully saturated rings. The second-order valence-electron chi connectivity index (χ2n) is 5.11. The van der Waals surface area contributed by atoms with Crippen molar-refractivity contribution in [2.75, 3.05) is 33.7 Å². The summed E-state index contributed by atoms with van der Waals surface area (Å²) in [5.41, 5.74) is 5.69. The number of hydrogen-bond acceptors (Lipinski definition) is 3. The summed E-state index contributed by atoms with van der Waals surface area (Å²) in [4.78, 5) is 2.43. The van der Waals surface area contributed by atoms with Crippen molar-refractivity contribution >= 4 is 0 Å². The van der Waals surface area contributed by atoms with Crippen LogP contribution in [0.3, 0.4) is 0 Å². The van der Waals surface area contributed by atoms with Gasteiger partial charge in [-0.25, -0.2) is 0 Å². The molecule has 1 aliphatic heterocycles. The van der Waals surface area contributed by atoms with Crippen molar-refractivity contribution in [2.24, 2.45) is 17.6 Å². The number of likely N-dealkylation sites (tertiary alicyclic amines) is 1. The van der Waals surface area contributed by atoms with E-state index in [-0.39, 0.29) is 0 Å². The molecular weight excluding hydrogens is 186 g/mol. The normalized spacial score (nSPS) is 24.0. The minimum absolute atomic E-state index is 0.641. The molecule has 0 bridgehead atoms. The van der Waals surface area contributed by atoms with Gasteiger partial charge < -0.3 is 16.0 Å². The molecule has 1 rings (SSSR count). The second-order valence-corrected chi connectivity index (χ2v) is 5.11. The first kappa shape index (κ1) is 12.9. The van der Waals surface area contributed by atoms with E-state index in [1.54, 1.807) is 0 Å². The maximum Gasteiger partial charge on any atom is 0.00962 e. The number of rotatable bonds is 5. The molecule has 3 nitrogen and oxygen atoms in total. The zero-order chi connectivity index (χ0) is 11.3. The van der Waals surface area contributed by atoms with E-state index in [4.69, 9.17) is 5.73 Å². The predicted molar refractivity (Wildman–Crippen MR) is 65.9 cm³/mol. The van der Waals surface area contributed by atoms with Crippen molar-refractivity contribution in [3.63, 3.8) is 0 Å². The fraction of sp³-hybridized carbons (Fsp3) is 1.00. The van der Waals surface area contributed by atoms with Crippen LogP contribution in [0.5, 0.6) is 0 Å². The van der Waals surface area contributed by atoms with Crippen molar-refractivity contribution in [3.05, 3.63) is 0 Å². The summed E-state index contributed by atoms with van der Waals surface area (Å²) in [6.45, 7) is 5.56. The van der Waals surface area contributed by atoms with Gasteiger partial charge in [-0.3, -0.25) is 0 Å². The summed E-state index contributed by atoms with van der Waals surface area (Å²) in [7, 11) is 4.30. The van der Waals surface area contributed by atoms with E-state index < -0.39 is 0 Å². The summed E-state index contributed by atoms with van der Waals surface area (Å²) in [6, 6.07) is 0.664. The monoisotopic (exact) mass is 213 g/mol. The van der Waals surface area contributed by atoms with Crippen LogP contribution in [0.15, 0.2) is 0 Å². The van der Waals surface area contributed by atoms with Gasteiger partial charge in [0.25, 0.3) is 0 Å². The lowest BCUT2D eigenvalue weighted by molar-refractivity contribution is 0.176. The van der Waals surface area contributed by atoms with Crippen molar-refractivity contribution in [3.8, 4) is 0 Å². The van der Waals surface area contributed by atoms with Gasteiger partial charge in [-0.2, -0.15) is 0 Å². The van der Waals surface area contributed by atoms with Gasteiger partial charge in [0.2, 0.25) is 0 Å². The molecule has 1 saturated heterocycles. The first-order valence-corrected chi connectivity index (χ1v) is 6.23. The Kier molecular flexibility index (Phi) is 5.58. The lowest BCUT2D eigenvalue weighted by Gasteiger charge is -2.35. The lowest BCUT2D eigenvalue weighted by atomic mass is 9.85. The molecule has 0 aromatic heterocycles. The molecule has 0 spiro atoms. The summed E-state index contributed by atoms with van der Waals surface area (Å²) in [5.74, 6) is 1.49. The van der Waals surface area contributed by atoms with E-state index in [2.05, 4.69) is 31.2 Å². The Hall–Kier alpha value is -0.120. The Bertz CT molecular complexity index is 164. The molecular formula is C12H27N3. The summed E-state index contributed by atoms with van der Waals surface area (Å²) < 4.78 is 0. The molecule has 0 amide bonds. The number of piperidine rings is 1. The molecule has 2 unspecified atom stereocenters. The molecule has 3 N–H and O–H groups in total. The van der Waals surface area contributed by atoms with Crippen LogP contribution < -0.4 is 11.1 Å². The molecule has 15 heavy (non-hydrogen) atoms. The minimum Gasteiger partial charge on any atom is -0.330 e. The molecule has 0 aromatic carbocycles. The topological polar surface area (TPSA) is 41.3 Å². The molecule has 0 aliphatic carbocycles. The highest BCUT2D eigenvalue weighted by Crippen LogP contribution is 2.23. The molecule has 2 atom stereocenters. The van der Waals surface area contributed by atoms with Gasteiger partial charge in [-0.15, -0.1) is 0 Å². The Morgan fingerprint density at radius 3 is 2.47 bits per heavy atom. The van der Waals surface area contributed by atoms with Gasteiger partial charge in [0.1, 0.15) is 0 Å². The fourth-order valence-corrected chi connectivity index (χ4v) is 2.51. The molecule has 0 aromatic rings. The summed E-state index contributed by atoms with van der Waals surface area (Å²) in [5, 5.41) is 3.48. The second kappa shape index (κ2) is 6.46. The van der Waals surface area contributed by atoms with Gasteiger partial charge in [0.15, 0.2) is 0 Å². The van der Waals surface area contributed by atoms with Crippen molar-refractivity contribution < 1.29 is 0 Å². The standard InChI is InChI=1S/C12H27N3/c1-10(9-13)8-12(14-2)11-4-6-15(3)7-5-11/h10-12,14H,4-9,13H2,1-3H3. The van der Waals surface area contributed by atoms with Gasteiger partial charge in [-0.1, -0.05) is 6.92 Å². The molecule has 1 heterocycles. The summed E-state index contributed by atoms with van der Waals surface area (Å²) in [6.07, 6.45) is 3.89. The minimum atomic E-state index is 0.641. The van der Waals surface area contributed by atoms with Gasteiger partial charge in [0.05, 0.1) is 0 Å². The maximum absolute atomic E-state index is 5.69. The molecule has 90 valence electrons. The quantitative estimate of drug-likeness (QED) is 0.713. The Morgan fingerprint density at radius 2 is 2.00 bits per heavy atom. The average molecular weight is 213 g/mol. The number of hydrogen-bond donors (Lipinski definition) is 2. The SMILES string of the molecule is CNC(CC(C)CN)C1CCN(C)CC1. The molecule has 0 saturated carbocycles. The van der Waals surface area contributed by atoms with Crippen molar-refractivity contribution in [2.45, 2.75) is 32.2 Å². The third-order valence-electron chi connectivity index (χ3n) is 3.76. The van der Waals surface area contributed by atoms with Crippen LogP contribution in [0.1, 0.15) is 26.2 Å².